The standard InChI is InChI=1S/C22H26ClNO3/c1-5-19(26-16-9-7-15(23)8-10-16)21(25)24-18-13-22(3,4)27-20-12-14(2)6-11-17(18)20/h6-12,18-19H,5,13H2,1-4H3,(H,24,25)/t18-,19-/m1/s1. The van der Waals surface area contributed by atoms with Crippen molar-refractivity contribution in [1.29, 1.82) is 0 Å². The Morgan fingerprint density at radius 3 is 2.67 bits per heavy atom. The van der Waals surface area contributed by atoms with Crippen LogP contribution in [0.25, 0.3) is 0 Å². The van der Waals surface area contributed by atoms with Crippen LogP contribution < -0.4 is 14.8 Å². The molecule has 1 heterocycles. The zero-order chi connectivity index (χ0) is 19.6. The number of hydrogen-bond acceptors (Lipinski definition) is 3. The number of ether oxygens (including phenoxy) is 2. The van der Waals surface area contributed by atoms with Crippen molar-refractivity contribution in [1.82, 2.24) is 5.32 Å². The van der Waals surface area contributed by atoms with Gasteiger partial charge in [0.15, 0.2) is 6.10 Å². The zero-order valence-electron chi connectivity index (χ0n) is 16.2. The van der Waals surface area contributed by atoms with E-state index in [4.69, 9.17) is 21.1 Å². The summed E-state index contributed by atoms with van der Waals surface area (Å²) in [5, 5.41) is 3.80. The Labute approximate surface area is 165 Å². The van der Waals surface area contributed by atoms with E-state index in [1.807, 2.05) is 45.9 Å². The van der Waals surface area contributed by atoms with E-state index in [2.05, 4.69) is 5.32 Å². The van der Waals surface area contributed by atoms with Crippen LogP contribution >= 0.6 is 11.6 Å². The highest BCUT2D eigenvalue weighted by Crippen LogP contribution is 2.40. The van der Waals surface area contributed by atoms with Gasteiger partial charge in [-0.2, -0.15) is 0 Å². The quantitative estimate of drug-likeness (QED) is 0.764. The van der Waals surface area contributed by atoms with E-state index in [0.717, 1.165) is 16.9 Å². The maximum absolute atomic E-state index is 12.9. The van der Waals surface area contributed by atoms with Crippen LogP contribution in [0.1, 0.15) is 50.8 Å². The minimum absolute atomic E-state index is 0.111. The first kappa shape index (κ1) is 19.6. The summed E-state index contributed by atoms with van der Waals surface area (Å²) in [6, 6.07) is 13.0. The number of amides is 1. The van der Waals surface area contributed by atoms with E-state index in [1.54, 1.807) is 24.3 Å². The van der Waals surface area contributed by atoms with Gasteiger partial charge < -0.3 is 14.8 Å². The highest BCUT2D eigenvalue weighted by molar-refractivity contribution is 6.30. The van der Waals surface area contributed by atoms with E-state index >= 15 is 0 Å². The Morgan fingerprint density at radius 2 is 2.00 bits per heavy atom. The summed E-state index contributed by atoms with van der Waals surface area (Å²) in [4.78, 5) is 12.9. The molecule has 1 aliphatic heterocycles. The highest BCUT2D eigenvalue weighted by Gasteiger charge is 2.35. The largest absolute Gasteiger partial charge is 0.487 e. The third-order valence-corrected chi connectivity index (χ3v) is 4.95. The molecule has 0 saturated heterocycles. The molecule has 0 bridgehead atoms. The lowest BCUT2D eigenvalue weighted by Crippen LogP contribution is -2.45. The van der Waals surface area contributed by atoms with Gasteiger partial charge in [-0.15, -0.1) is 0 Å². The predicted molar refractivity (Wildman–Crippen MR) is 108 cm³/mol. The van der Waals surface area contributed by atoms with Crippen LogP contribution in [0.3, 0.4) is 0 Å². The second kappa shape index (κ2) is 7.81. The summed E-state index contributed by atoms with van der Waals surface area (Å²) in [5.74, 6) is 1.34. The summed E-state index contributed by atoms with van der Waals surface area (Å²) < 4.78 is 12.0. The first-order valence-corrected chi connectivity index (χ1v) is 9.67. The fourth-order valence-corrected chi connectivity index (χ4v) is 3.48. The fourth-order valence-electron chi connectivity index (χ4n) is 3.35. The molecule has 0 aliphatic carbocycles. The summed E-state index contributed by atoms with van der Waals surface area (Å²) >= 11 is 5.91. The lowest BCUT2D eigenvalue weighted by Gasteiger charge is -2.38. The minimum Gasteiger partial charge on any atom is -0.487 e. The van der Waals surface area contributed by atoms with Gasteiger partial charge in [0.25, 0.3) is 5.91 Å². The van der Waals surface area contributed by atoms with Crippen molar-refractivity contribution >= 4 is 17.5 Å². The van der Waals surface area contributed by atoms with Crippen LogP contribution in [0.15, 0.2) is 42.5 Å². The topological polar surface area (TPSA) is 47.6 Å². The van der Waals surface area contributed by atoms with Crippen LogP contribution in [0, 0.1) is 6.92 Å². The summed E-state index contributed by atoms with van der Waals surface area (Å²) in [7, 11) is 0. The molecule has 0 aromatic heterocycles. The van der Waals surface area contributed by atoms with Crippen molar-refractivity contribution in [3.05, 3.63) is 58.6 Å². The zero-order valence-corrected chi connectivity index (χ0v) is 17.0. The van der Waals surface area contributed by atoms with E-state index in [-0.39, 0.29) is 17.6 Å². The molecular formula is C22H26ClNO3. The SMILES string of the molecule is CC[C@@H](Oc1ccc(Cl)cc1)C(=O)N[C@@H]1CC(C)(C)Oc2cc(C)ccc21. The van der Waals surface area contributed by atoms with Gasteiger partial charge in [-0.05, 0) is 63.1 Å². The molecule has 0 fully saturated rings. The van der Waals surface area contributed by atoms with Gasteiger partial charge in [0.2, 0.25) is 0 Å². The van der Waals surface area contributed by atoms with Gasteiger partial charge in [-0.25, -0.2) is 0 Å². The molecule has 4 nitrogen and oxygen atoms in total. The first-order valence-electron chi connectivity index (χ1n) is 9.29. The van der Waals surface area contributed by atoms with Crippen molar-refractivity contribution in [2.24, 2.45) is 0 Å². The maximum atomic E-state index is 12.9. The van der Waals surface area contributed by atoms with Crippen LogP contribution in [-0.4, -0.2) is 17.6 Å². The molecule has 5 heteroatoms. The van der Waals surface area contributed by atoms with Crippen LogP contribution in [0.5, 0.6) is 11.5 Å². The van der Waals surface area contributed by atoms with E-state index < -0.39 is 6.10 Å². The number of halogens is 1. The van der Waals surface area contributed by atoms with Crippen molar-refractivity contribution in [2.45, 2.75) is 58.3 Å². The number of fused-ring (bicyclic) bond motifs is 1. The number of hydrogen-bond donors (Lipinski definition) is 1. The molecule has 3 rings (SSSR count). The number of carbonyl (C=O) groups is 1. The average molecular weight is 388 g/mol. The molecule has 2 atom stereocenters. The first-order chi connectivity index (χ1) is 12.8. The number of aryl methyl sites for hydroxylation is 1. The fraction of sp³-hybridized carbons (Fsp3) is 0.409. The van der Waals surface area contributed by atoms with E-state index in [1.165, 1.54) is 0 Å². The molecule has 2 aromatic rings. The monoisotopic (exact) mass is 387 g/mol. The second-order valence-electron chi connectivity index (χ2n) is 7.64. The Morgan fingerprint density at radius 1 is 1.30 bits per heavy atom. The maximum Gasteiger partial charge on any atom is 0.261 e. The molecule has 27 heavy (non-hydrogen) atoms. The number of benzene rings is 2. The average Bonchev–Trinajstić information content (AvgIpc) is 2.59. The molecule has 0 saturated carbocycles. The number of carbonyl (C=O) groups excluding carboxylic acids is 1. The highest BCUT2D eigenvalue weighted by atomic mass is 35.5. The Balaban J connectivity index is 1.76. The predicted octanol–water partition coefficient (Wildman–Crippen LogP) is 5.22. The molecule has 0 spiro atoms. The Hall–Kier alpha value is -2.20. The van der Waals surface area contributed by atoms with Crippen LogP contribution in [-0.2, 0) is 4.79 Å². The number of rotatable bonds is 5. The van der Waals surface area contributed by atoms with E-state index in [9.17, 15) is 4.79 Å². The molecule has 0 radical (unpaired) electrons. The molecule has 144 valence electrons. The summed E-state index contributed by atoms with van der Waals surface area (Å²) in [6.07, 6.45) is 0.708. The third kappa shape index (κ3) is 4.75. The summed E-state index contributed by atoms with van der Waals surface area (Å²) in [6.45, 7) is 8.05. The van der Waals surface area contributed by atoms with Crippen molar-refractivity contribution in [3.8, 4) is 11.5 Å². The van der Waals surface area contributed by atoms with Gasteiger partial charge in [-0.1, -0.05) is 30.7 Å². The lowest BCUT2D eigenvalue weighted by atomic mass is 9.89. The van der Waals surface area contributed by atoms with Gasteiger partial charge in [0.05, 0.1) is 6.04 Å². The van der Waals surface area contributed by atoms with Crippen molar-refractivity contribution < 1.29 is 14.3 Å². The second-order valence-corrected chi connectivity index (χ2v) is 8.07. The molecule has 1 N–H and O–H groups in total. The van der Waals surface area contributed by atoms with Crippen molar-refractivity contribution in [2.75, 3.05) is 0 Å². The summed E-state index contributed by atoms with van der Waals surface area (Å²) in [5.41, 5.74) is 1.79. The van der Waals surface area contributed by atoms with Gasteiger partial charge in [0, 0.05) is 17.0 Å². The Kier molecular flexibility index (Phi) is 5.66. The van der Waals surface area contributed by atoms with Gasteiger partial charge in [0.1, 0.15) is 17.1 Å². The molecule has 2 aromatic carbocycles. The lowest BCUT2D eigenvalue weighted by molar-refractivity contribution is -0.129. The van der Waals surface area contributed by atoms with Gasteiger partial charge >= 0.3 is 0 Å². The molecule has 0 unspecified atom stereocenters. The third-order valence-electron chi connectivity index (χ3n) is 4.70. The Bertz CT molecular complexity index is 817. The van der Waals surface area contributed by atoms with Gasteiger partial charge in [-0.3, -0.25) is 4.79 Å². The normalized spacial score (nSPS) is 18.8. The smallest absolute Gasteiger partial charge is 0.261 e. The molecule has 1 aliphatic rings. The van der Waals surface area contributed by atoms with E-state index in [0.29, 0.717) is 23.6 Å². The molecule has 1 amide bonds. The van der Waals surface area contributed by atoms with Crippen LogP contribution in [0.4, 0.5) is 0 Å². The minimum atomic E-state index is -0.564. The number of nitrogens with one attached hydrogen (secondary N) is 1. The van der Waals surface area contributed by atoms with Crippen molar-refractivity contribution in [3.63, 3.8) is 0 Å². The van der Waals surface area contributed by atoms with Crippen LogP contribution in [0.2, 0.25) is 5.02 Å². The molecular weight excluding hydrogens is 362 g/mol.